The van der Waals surface area contributed by atoms with Crippen LogP contribution in [0.1, 0.15) is 0 Å². The molecule has 1 aromatic carbocycles. The molecular weight excluding hydrogens is 296 g/mol. The van der Waals surface area contributed by atoms with E-state index in [0.717, 1.165) is 20.1 Å². The third kappa shape index (κ3) is 1.86. The molecule has 1 radical (unpaired) electrons. The van der Waals surface area contributed by atoms with Crippen LogP contribution in [-0.4, -0.2) is 0 Å². The first kappa shape index (κ1) is 9.03. The molecule has 1 aromatic heterocycles. The van der Waals surface area contributed by atoms with Crippen molar-refractivity contribution in [3.8, 4) is 11.1 Å². The summed E-state index contributed by atoms with van der Waals surface area (Å²) in [4.78, 5) is 0. The lowest BCUT2D eigenvalue weighted by atomic mass is 10.1. The zero-order chi connectivity index (χ0) is 9.26. The fraction of sp³-hybridized carbons (Fsp3) is 0. The highest BCUT2D eigenvalue weighted by molar-refractivity contribution is 9.11. The summed E-state index contributed by atoms with van der Waals surface area (Å²) in [5.74, 6) is 0. The molecule has 3 heteroatoms. The molecule has 0 atom stereocenters. The number of hydrogen-bond acceptors (Lipinski definition) is 1. The molecule has 0 spiro atoms. The van der Waals surface area contributed by atoms with Crippen LogP contribution in [0.5, 0.6) is 0 Å². The molecule has 0 bridgehead atoms. The second-order valence-corrected chi connectivity index (χ2v) is 4.35. The second kappa shape index (κ2) is 3.68. The molecule has 0 fully saturated rings. The van der Waals surface area contributed by atoms with Crippen molar-refractivity contribution < 1.29 is 4.42 Å². The quantitative estimate of drug-likeness (QED) is 0.766. The van der Waals surface area contributed by atoms with Crippen LogP contribution >= 0.6 is 31.9 Å². The molecule has 2 rings (SSSR count). The van der Waals surface area contributed by atoms with Gasteiger partial charge in [-0.2, -0.15) is 0 Å². The Kier molecular flexibility index (Phi) is 2.56. The molecule has 0 saturated carbocycles. The van der Waals surface area contributed by atoms with Crippen molar-refractivity contribution in [1.29, 1.82) is 0 Å². The average Bonchev–Trinajstić information content (AvgIpc) is 2.61. The Balaban J connectivity index is 2.57. The van der Waals surface area contributed by atoms with Crippen LogP contribution in [0.2, 0.25) is 0 Å². The minimum atomic E-state index is 1.02. The average molecular weight is 301 g/mol. The van der Waals surface area contributed by atoms with Crippen molar-refractivity contribution in [3.63, 3.8) is 0 Å². The van der Waals surface area contributed by atoms with E-state index in [1.807, 2.05) is 24.3 Å². The first-order valence-electron chi connectivity index (χ1n) is 3.67. The molecule has 1 heterocycles. The largest absolute Gasteiger partial charge is 0.460 e. The van der Waals surface area contributed by atoms with Gasteiger partial charge in [0, 0.05) is 20.1 Å². The number of halogens is 2. The van der Waals surface area contributed by atoms with Crippen LogP contribution in [0, 0.1) is 6.26 Å². The van der Waals surface area contributed by atoms with Crippen LogP contribution < -0.4 is 0 Å². The van der Waals surface area contributed by atoms with Gasteiger partial charge < -0.3 is 4.42 Å². The predicted molar refractivity (Wildman–Crippen MR) is 58.4 cm³/mol. The Morgan fingerprint density at radius 3 is 2.77 bits per heavy atom. The van der Waals surface area contributed by atoms with Crippen molar-refractivity contribution in [2.75, 3.05) is 0 Å². The Morgan fingerprint density at radius 1 is 1.23 bits per heavy atom. The Morgan fingerprint density at radius 2 is 2.08 bits per heavy atom. The monoisotopic (exact) mass is 299 g/mol. The molecule has 65 valence electrons. The number of benzene rings is 1. The molecule has 13 heavy (non-hydrogen) atoms. The summed E-state index contributed by atoms with van der Waals surface area (Å²) in [7, 11) is 0. The van der Waals surface area contributed by atoms with E-state index in [0.29, 0.717) is 0 Å². The van der Waals surface area contributed by atoms with Crippen molar-refractivity contribution in [3.05, 3.63) is 45.7 Å². The lowest BCUT2D eigenvalue weighted by Gasteiger charge is -2.01. The van der Waals surface area contributed by atoms with E-state index < -0.39 is 0 Å². The third-order valence-electron chi connectivity index (χ3n) is 1.71. The minimum absolute atomic E-state index is 1.02. The van der Waals surface area contributed by atoms with E-state index in [4.69, 9.17) is 4.42 Å². The van der Waals surface area contributed by atoms with Gasteiger partial charge in [-0.3, -0.25) is 0 Å². The van der Waals surface area contributed by atoms with Gasteiger partial charge in [0.15, 0.2) is 6.26 Å². The van der Waals surface area contributed by atoms with Gasteiger partial charge in [-0.15, -0.1) is 0 Å². The van der Waals surface area contributed by atoms with Gasteiger partial charge in [0.2, 0.25) is 0 Å². The van der Waals surface area contributed by atoms with Gasteiger partial charge >= 0.3 is 0 Å². The number of hydrogen-bond donors (Lipinski definition) is 0. The maximum absolute atomic E-state index is 4.90. The van der Waals surface area contributed by atoms with Crippen molar-refractivity contribution in [1.82, 2.24) is 0 Å². The summed E-state index contributed by atoms with van der Waals surface area (Å²) < 4.78 is 7.00. The topological polar surface area (TPSA) is 13.1 Å². The standard InChI is InChI=1S/C10H5Br2O/c11-8-1-2-10(12)9(5-8)7-3-4-13-6-7/h1-3,5-6H. The molecule has 0 amide bonds. The van der Waals surface area contributed by atoms with Crippen molar-refractivity contribution in [2.45, 2.75) is 0 Å². The van der Waals surface area contributed by atoms with Crippen LogP contribution in [0.15, 0.2) is 43.9 Å². The predicted octanol–water partition coefficient (Wildman–Crippen LogP) is 4.27. The summed E-state index contributed by atoms with van der Waals surface area (Å²) in [6.07, 6.45) is 4.34. The van der Waals surface area contributed by atoms with Crippen molar-refractivity contribution >= 4 is 31.9 Å². The van der Waals surface area contributed by atoms with Gasteiger partial charge in [-0.05, 0) is 24.3 Å². The lowest BCUT2D eigenvalue weighted by molar-refractivity contribution is 0.559. The molecule has 0 unspecified atom stereocenters. The van der Waals surface area contributed by atoms with E-state index in [1.165, 1.54) is 0 Å². The van der Waals surface area contributed by atoms with Crippen LogP contribution in [0.25, 0.3) is 11.1 Å². The van der Waals surface area contributed by atoms with Gasteiger partial charge in [0.25, 0.3) is 0 Å². The van der Waals surface area contributed by atoms with E-state index >= 15 is 0 Å². The number of furan rings is 1. The molecular formula is C10H5Br2O. The normalized spacial score (nSPS) is 10.3. The molecule has 0 aliphatic rings. The minimum Gasteiger partial charge on any atom is -0.460 e. The van der Waals surface area contributed by atoms with E-state index in [2.05, 4.69) is 38.1 Å². The van der Waals surface area contributed by atoms with Crippen LogP contribution in [0.3, 0.4) is 0 Å². The van der Waals surface area contributed by atoms with E-state index in [9.17, 15) is 0 Å². The maximum Gasteiger partial charge on any atom is 0.169 e. The molecule has 2 aromatic rings. The van der Waals surface area contributed by atoms with E-state index in [-0.39, 0.29) is 0 Å². The zero-order valence-corrected chi connectivity index (χ0v) is 9.72. The first-order valence-corrected chi connectivity index (χ1v) is 5.26. The molecule has 0 aliphatic heterocycles. The summed E-state index contributed by atoms with van der Waals surface area (Å²) in [5.41, 5.74) is 2.12. The number of rotatable bonds is 1. The van der Waals surface area contributed by atoms with Crippen LogP contribution in [0.4, 0.5) is 0 Å². The zero-order valence-electron chi connectivity index (χ0n) is 6.55. The fourth-order valence-corrected chi connectivity index (χ4v) is 1.93. The Hall–Kier alpha value is -0.540. The van der Waals surface area contributed by atoms with Crippen molar-refractivity contribution in [2.24, 2.45) is 0 Å². The molecule has 0 aliphatic carbocycles. The summed E-state index contributed by atoms with van der Waals surface area (Å²) >= 11 is 6.90. The lowest BCUT2D eigenvalue weighted by Crippen LogP contribution is -1.76. The molecule has 1 nitrogen and oxygen atoms in total. The SMILES string of the molecule is Brc1ccc(Br)c(-c2c[c]oc2)c1. The summed E-state index contributed by atoms with van der Waals surface area (Å²) in [6.45, 7) is 0. The highest BCUT2D eigenvalue weighted by atomic mass is 79.9. The Labute approximate surface area is 93.0 Å². The fourth-order valence-electron chi connectivity index (χ4n) is 1.09. The summed E-state index contributed by atoms with van der Waals surface area (Å²) in [5, 5.41) is 0. The molecule has 0 saturated heterocycles. The van der Waals surface area contributed by atoms with Crippen LogP contribution in [-0.2, 0) is 0 Å². The van der Waals surface area contributed by atoms with Gasteiger partial charge in [0.1, 0.15) is 0 Å². The smallest absolute Gasteiger partial charge is 0.169 e. The molecule has 0 N–H and O–H groups in total. The van der Waals surface area contributed by atoms with Gasteiger partial charge in [-0.25, -0.2) is 0 Å². The van der Waals surface area contributed by atoms with E-state index in [1.54, 1.807) is 6.26 Å². The van der Waals surface area contributed by atoms with Gasteiger partial charge in [0.05, 0.1) is 6.26 Å². The second-order valence-electron chi connectivity index (χ2n) is 2.58. The summed E-state index contributed by atoms with van der Waals surface area (Å²) in [6, 6.07) is 7.82. The Bertz CT molecular complexity index is 407. The maximum atomic E-state index is 4.90. The highest BCUT2D eigenvalue weighted by Crippen LogP contribution is 2.30. The first-order chi connectivity index (χ1) is 6.27. The highest BCUT2D eigenvalue weighted by Gasteiger charge is 2.04. The third-order valence-corrected chi connectivity index (χ3v) is 2.89. The van der Waals surface area contributed by atoms with Gasteiger partial charge in [-0.1, -0.05) is 31.9 Å².